The summed E-state index contributed by atoms with van der Waals surface area (Å²) in [6.45, 7) is 11.9. The second-order valence-electron chi connectivity index (χ2n) is 9.28. The number of carbonyl (C=O) groups is 1. The van der Waals surface area contributed by atoms with Gasteiger partial charge in [0.05, 0.1) is 18.7 Å². The van der Waals surface area contributed by atoms with Gasteiger partial charge in [-0.05, 0) is 54.9 Å². The van der Waals surface area contributed by atoms with Gasteiger partial charge in [0.15, 0.2) is 6.54 Å². The first kappa shape index (κ1) is 19.4. The summed E-state index contributed by atoms with van der Waals surface area (Å²) >= 11 is 1.63. The van der Waals surface area contributed by atoms with Gasteiger partial charge in [0, 0.05) is 4.88 Å². The van der Waals surface area contributed by atoms with Crippen LogP contribution in [-0.2, 0) is 17.6 Å². The summed E-state index contributed by atoms with van der Waals surface area (Å²) in [5, 5.41) is 13.5. The molecule has 2 N–H and O–H groups in total. The number of rotatable bonds is 3. The smallest absolute Gasteiger partial charge is 0.280 e. The highest BCUT2D eigenvalue weighted by atomic mass is 32.1. The summed E-state index contributed by atoms with van der Waals surface area (Å²) < 4.78 is 0. The van der Waals surface area contributed by atoms with Crippen LogP contribution in [0.4, 0.5) is 5.00 Å². The van der Waals surface area contributed by atoms with E-state index in [1.54, 1.807) is 11.3 Å². The Morgan fingerprint density at radius 2 is 2.00 bits per heavy atom. The van der Waals surface area contributed by atoms with Gasteiger partial charge in [-0.3, -0.25) is 4.79 Å². The van der Waals surface area contributed by atoms with Crippen LogP contribution in [0.3, 0.4) is 0 Å². The first-order chi connectivity index (χ1) is 12.3. The molecule has 1 atom stereocenters. The van der Waals surface area contributed by atoms with E-state index in [-0.39, 0.29) is 11.3 Å². The normalized spacial score (nSPS) is 26.0. The van der Waals surface area contributed by atoms with Crippen molar-refractivity contribution in [2.45, 2.75) is 59.8 Å². The zero-order chi connectivity index (χ0) is 18.9. The van der Waals surface area contributed by atoms with Gasteiger partial charge in [-0.25, -0.2) is 0 Å². The molecule has 1 fully saturated rings. The van der Waals surface area contributed by atoms with Crippen molar-refractivity contribution < 1.29 is 9.69 Å². The highest BCUT2D eigenvalue weighted by Gasteiger charge is 2.32. The Balaban J connectivity index is 1.68. The average molecular weight is 375 g/mol. The van der Waals surface area contributed by atoms with Crippen molar-refractivity contribution in [1.29, 1.82) is 5.26 Å². The Morgan fingerprint density at radius 3 is 2.62 bits per heavy atom. The lowest BCUT2D eigenvalue weighted by Crippen LogP contribution is -3.14. The molecule has 0 aromatic carbocycles. The number of nitrogens with one attached hydrogen (secondary N) is 2. The number of nitriles is 1. The quantitative estimate of drug-likeness (QED) is 0.854. The van der Waals surface area contributed by atoms with Crippen molar-refractivity contribution in [2.75, 3.05) is 25.0 Å². The third-order valence-electron chi connectivity index (χ3n) is 6.25. The molecule has 1 aromatic rings. The molecule has 2 aliphatic rings. The molecule has 0 saturated carbocycles. The van der Waals surface area contributed by atoms with Gasteiger partial charge in [0.25, 0.3) is 5.91 Å². The van der Waals surface area contributed by atoms with Crippen molar-refractivity contribution in [3.05, 3.63) is 16.0 Å². The molecule has 26 heavy (non-hydrogen) atoms. The molecule has 0 unspecified atom stereocenters. The lowest BCUT2D eigenvalue weighted by molar-refractivity contribution is -0.897. The summed E-state index contributed by atoms with van der Waals surface area (Å²) in [6.07, 6.45) is 5.53. The Kier molecular flexibility index (Phi) is 5.74. The van der Waals surface area contributed by atoms with E-state index in [1.165, 1.54) is 28.2 Å². The number of piperidine rings is 1. The number of hydrogen-bond donors (Lipinski definition) is 2. The van der Waals surface area contributed by atoms with Gasteiger partial charge in [-0.15, -0.1) is 11.3 Å². The maximum Gasteiger partial charge on any atom is 0.280 e. The van der Waals surface area contributed by atoms with Gasteiger partial charge >= 0.3 is 0 Å². The second kappa shape index (κ2) is 7.70. The predicted octanol–water partition coefficient (Wildman–Crippen LogP) is 3.02. The molecule has 1 aliphatic heterocycles. The number of thiophene rings is 1. The van der Waals surface area contributed by atoms with Crippen LogP contribution in [0.2, 0.25) is 0 Å². The SMILES string of the molecule is CC1CC[NH+](CC(=O)Nc2sc3c(c2C#N)CC[C@@H](C(C)(C)C)C3)CC1. The first-order valence-electron chi connectivity index (χ1n) is 9.96. The summed E-state index contributed by atoms with van der Waals surface area (Å²) in [5.74, 6) is 1.48. The summed E-state index contributed by atoms with van der Waals surface area (Å²) in [6, 6.07) is 2.36. The molecule has 142 valence electrons. The number of quaternary nitrogens is 1. The van der Waals surface area contributed by atoms with Crippen molar-refractivity contribution >= 4 is 22.2 Å². The molecule has 0 radical (unpaired) electrons. The van der Waals surface area contributed by atoms with Crippen LogP contribution in [-0.4, -0.2) is 25.5 Å². The summed E-state index contributed by atoms with van der Waals surface area (Å²) in [4.78, 5) is 15.2. The fraction of sp³-hybridized carbons (Fsp3) is 0.714. The molecule has 2 heterocycles. The number of likely N-dealkylation sites (tertiary alicyclic amines) is 1. The number of amides is 1. The molecule has 4 nitrogen and oxygen atoms in total. The van der Waals surface area contributed by atoms with E-state index in [4.69, 9.17) is 0 Å². The lowest BCUT2D eigenvalue weighted by atomic mass is 9.72. The van der Waals surface area contributed by atoms with E-state index in [0.29, 0.717) is 18.0 Å². The Labute approximate surface area is 161 Å². The first-order valence-corrected chi connectivity index (χ1v) is 10.8. The highest BCUT2D eigenvalue weighted by molar-refractivity contribution is 7.16. The topological polar surface area (TPSA) is 57.3 Å². The van der Waals surface area contributed by atoms with Crippen molar-refractivity contribution in [3.8, 4) is 6.07 Å². The van der Waals surface area contributed by atoms with Crippen molar-refractivity contribution in [3.63, 3.8) is 0 Å². The van der Waals surface area contributed by atoms with Crippen LogP contribution in [0.25, 0.3) is 0 Å². The van der Waals surface area contributed by atoms with E-state index in [1.807, 2.05) is 0 Å². The number of nitrogens with zero attached hydrogens (tertiary/aromatic N) is 1. The molecule has 1 amide bonds. The molecule has 0 spiro atoms. The molecule has 1 saturated heterocycles. The zero-order valence-corrected chi connectivity index (χ0v) is 17.4. The maximum atomic E-state index is 12.5. The fourth-order valence-corrected chi connectivity index (χ4v) is 5.57. The average Bonchev–Trinajstić information content (AvgIpc) is 2.92. The Morgan fingerprint density at radius 1 is 1.31 bits per heavy atom. The van der Waals surface area contributed by atoms with E-state index in [9.17, 15) is 10.1 Å². The fourth-order valence-electron chi connectivity index (χ4n) is 4.28. The van der Waals surface area contributed by atoms with E-state index >= 15 is 0 Å². The summed E-state index contributed by atoms with van der Waals surface area (Å²) in [5.41, 5.74) is 2.19. The standard InChI is InChI=1S/C21H31N3OS/c1-14-7-9-24(10-8-14)13-19(25)23-20-17(12-22)16-6-5-15(21(2,3)4)11-18(16)26-20/h14-15H,5-11,13H2,1-4H3,(H,23,25)/p+1/t15-/m1/s1. The molecule has 3 rings (SSSR count). The van der Waals surface area contributed by atoms with Crippen LogP contribution in [0.1, 0.15) is 63.0 Å². The molecular weight excluding hydrogens is 342 g/mol. The third-order valence-corrected chi connectivity index (χ3v) is 7.42. The van der Waals surface area contributed by atoms with E-state index in [0.717, 1.165) is 43.3 Å². The lowest BCUT2D eigenvalue weighted by Gasteiger charge is -2.33. The molecular formula is C21H32N3OS+. The van der Waals surface area contributed by atoms with E-state index < -0.39 is 0 Å². The van der Waals surface area contributed by atoms with Crippen LogP contribution >= 0.6 is 11.3 Å². The number of fused-ring (bicyclic) bond motifs is 1. The molecule has 1 aliphatic carbocycles. The predicted molar refractivity (Wildman–Crippen MR) is 107 cm³/mol. The van der Waals surface area contributed by atoms with Crippen LogP contribution < -0.4 is 10.2 Å². The minimum absolute atomic E-state index is 0.0528. The van der Waals surface area contributed by atoms with Gasteiger partial charge in [-0.1, -0.05) is 27.7 Å². The number of carbonyl (C=O) groups excluding carboxylic acids is 1. The summed E-state index contributed by atoms with van der Waals surface area (Å²) in [7, 11) is 0. The Bertz CT molecular complexity index is 702. The third kappa shape index (κ3) is 4.29. The minimum atomic E-state index is 0.0528. The highest BCUT2D eigenvalue weighted by Crippen LogP contribution is 2.43. The molecule has 1 aromatic heterocycles. The minimum Gasteiger partial charge on any atom is -0.327 e. The number of anilines is 1. The zero-order valence-electron chi connectivity index (χ0n) is 16.6. The van der Waals surface area contributed by atoms with Crippen molar-refractivity contribution in [1.82, 2.24) is 0 Å². The van der Waals surface area contributed by atoms with Gasteiger partial charge in [0.2, 0.25) is 0 Å². The largest absolute Gasteiger partial charge is 0.327 e. The molecule has 5 heteroatoms. The Hall–Kier alpha value is -1.38. The van der Waals surface area contributed by atoms with Crippen LogP contribution in [0.5, 0.6) is 0 Å². The second-order valence-corrected chi connectivity index (χ2v) is 10.4. The van der Waals surface area contributed by atoms with Crippen LogP contribution in [0, 0.1) is 28.6 Å². The van der Waals surface area contributed by atoms with Crippen molar-refractivity contribution in [2.24, 2.45) is 17.3 Å². The van der Waals surface area contributed by atoms with Gasteiger partial charge in [0.1, 0.15) is 11.1 Å². The van der Waals surface area contributed by atoms with Gasteiger partial charge in [-0.2, -0.15) is 5.26 Å². The van der Waals surface area contributed by atoms with Gasteiger partial charge < -0.3 is 10.2 Å². The molecule has 0 bridgehead atoms. The van der Waals surface area contributed by atoms with E-state index in [2.05, 4.69) is 39.1 Å². The maximum absolute atomic E-state index is 12.5. The monoisotopic (exact) mass is 374 g/mol. The van der Waals surface area contributed by atoms with Crippen LogP contribution in [0.15, 0.2) is 0 Å². The number of hydrogen-bond acceptors (Lipinski definition) is 3.